The van der Waals surface area contributed by atoms with Crippen LogP contribution < -0.4 is 10.2 Å². The number of hydrogen-bond donors (Lipinski definition) is 9. The van der Waals surface area contributed by atoms with Crippen molar-refractivity contribution in [3.05, 3.63) is 40.6 Å². The minimum atomic E-state index is -1.77. The molecule has 2 aromatic carbocycles. The van der Waals surface area contributed by atoms with Crippen LogP contribution in [0.25, 0.3) is 22.3 Å². The number of phenolic OH excluding ortho intramolecular Hbond substituents is 4. The fraction of sp³-hybridized carbons (Fsp3) is 0.423. The van der Waals surface area contributed by atoms with Gasteiger partial charge in [-0.3, -0.25) is 4.79 Å². The van der Waals surface area contributed by atoms with Gasteiger partial charge in [0.05, 0.1) is 12.7 Å². The third-order valence-corrected chi connectivity index (χ3v) is 6.96. The highest BCUT2D eigenvalue weighted by atomic mass is 16.8. The highest BCUT2D eigenvalue weighted by Crippen LogP contribution is 2.40. The Hall–Kier alpha value is -3.67. The molecule has 0 radical (unpaired) electrons. The normalized spacial score (nSPS) is 31.9. The maximum absolute atomic E-state index is 13.6. The first kappa shape index (κ1) is 28.8. The SMILES string of the molecule is C[C@H]1O[C@@H](O[C@@H]2[C@H](Oc3c(-c4ccc(O)c(O)c4)oc4cc(O)cc(O)c4c3=O)O[C@H](CO)[C@H]2O)[C@@H](O)[C@H](O)[C@H]1O. The second-order valence-electron chi connectivity index (χ2n) is 9.75. The Kier molecular flexibility index (Phi) is 7.71. The summed E-state index contributed by atoms with van der Waals surface area (Å²) in [7, 11) is 0. The highest BCUT2D eigenvalue weighted by molar-refractivity contribution is 5.88. The number of rotatable bonds is 6. The molecule has 15 nitrogen and oxygen atoms in total. The van der Waals surface area contributed by atoms with E-state index in [0.717, 1.165) is 24.3 Å². The van der Waals surface area contributed by atoms with E-state index in [1.54, 1.807) is 0 Å². The lowest BCUT2D eigenvalue weighted by molar-refractivity contribution is -0.316. The molecule has 0 spiro atoms. The van der Waals surface area contributed by atoms with Gasteiger partial charge >= 0.3 is 0 Å². The van der Waals surface area contributed by atoms with Crippen molar-refractivity contribution < 1.29 is 69.3 Å². The largest absolute Gasteiger partial charge is 0.508 e. The van der Waals surface area contributed by atoms with Crippen molar-refractivity contribution in [1.29, 1.82) is 0 Å². The first-order valence-corrected chi connectivity index (χ1v) is 12.4. The van der Waals surface area contributed by atoms with Gasteiger partial charge in [0.2, 0.25) is 17.5 Å². The Morgan fingerprint density at radius 2 is 1.56 bits per heavy atom. The Bertz CT molecular complexity index is 1490. The zero-order chi connectivity index (χ0) is 29.7. The number of aliphatic hydroxyl groups is 5. The van der Waals surface area contributed by atoms with E-state index >= 15 is 0 Å². The topological polar surface area (TPSA) is 249 Å². The molecule has 0 unspecified atom stereocenters. The number of fused-ring (bicyclic) bond motifs is 1. The molecule has 9 N–H and O–H groups in total. The van der Waals surface area contributed by atoms with Crippen molar-refractivity contribution >= 4 is 11.0 Å². The average molecular weight is 580 g/mol. The Morgan fingerprint density at radius 3 is 2.24 bits per heavy atom. The smallest absolute Gasteiger partial charge is 0.239 e. The summed E-state index contributed by atoms with van der Waals surface area (Å²) in [4.78, 5) is 13.6. The minimum absolute atomic E-state index is 0.00354. The van der Waals surface area contributed by atoms with Crippen LogP contribution in [0.2, 0.25) is 0 Å². The lowest BCUT2D eigenvalue weighted by Crippen LogP contribution is -2.59. The van der Waals surface area contributed by atoms with E-state index in [9.17, 15) is 50.8 Å². The van der Waals surface area contributed by atoms with Crippen molar-refractivity contribution in [2.45, 2.75) is 62.2 Å². The van der Waals surface area contributed by atoms with Crippen molar-refractivity contribution in [2.24, 2.45) is 0 Å². The molecule has 15 heteroatoms. The van der Waals surface area contributed by atoms with Crippen molar-refractivity contribution in [2.75, 3.05) is 6.61 Å². The monoisotopic (exact) mass is 580 g/mol. The van der Waals surface area contributed by atoms with Gasteiger partial charge in [0.15, 0.2) is 29.7 Å². The average Bonchev–Trinajstić information content (AvgIpc) is 3.22. The van der Waals surface area contributed by atoms with Gasteiger partial charge in [-0.05, 0) is 25.1 Å². The lowest BCUT2D eigenvalue weighted by atomic mass is 10.00. The molecule has 2 aliphatic heterocycles. The van der Waals surface area contributed by atoms with Crippen molar-refractivity contribution in [3.63, 3.8) is 0 Å². The summed E-state index contributed by atoms with van der Waals surface area (Å²) in [5.41, 5.74) is -1.24. The predicted molar refractivity (Wildman–Crippen MR) is 134 cm³/mol. The van der Waals surface area contributed by atoms with Crippen LogP contribution >= 0.6 is 0 Å². The van der Waals surface area contributed by atoms with Gasteiger partial charge < -0.3 is 69.3 Å². The van der Waals surface area contributed by atoms with Crippen LogP contribution in [0.15, 0.2) is 39.5 Å². The number of aromatic hydroxyl groups is 4. The Labute approximate surface area is 230 Å². The maximum atomic E-state index is 13.6. The van der Waals surface area contributed by atoms with E-state index in [4.69, 9.17) is 23.4 Å². The molecule has 41 heavy (non-hydrogen) atoms. The molecule has 1 aromatic heterocycles. The molecule has 2 fully saturated rings. The van der Waals surface area contributed by atoms with Gasteiger partial charge in [-0.15, -0.1) is 0 Å². The second kappa shape index (κ2) is 11.0. The molecule has 3 heterocycles. The maximum Gasteiger partial charge on any atom is 0.239 e. The molecule has 0 aliphatic carbocycles. The number of benzene rings is 2. The molecule has 0 bridgehead atoms. The molecule has 5 rings (SSSR count). The van der Waals surface area contributed by atoms with E-state index in [1.807, 2.05) is 0 Å². The van der Waals surface area contributed by atoms with Crippen LogP contribution in [-0.2, 0) is 14.2 Å². The third kappa shape index (κ3) is 5.13. The lowest BCUT2D eigenvalue weighted by Gasteiger charge is -2.40. The molecule has 3 aromatic rings. The molecule has 2 aliphatic rings. The molecule has 9 atom stereocenters. The molecule has 0 amide bonds. The fourth-order valence-electron chi connectivity index (χ4n) is 4.72. The highest BCUT2D eigenvalue weighted by Gasteiger charge is 2.51. The molecular formula is C26H28O15. The van der Waals surface area contributed by atoms with E-state index in [-0.39, 0.29) is 16.9 Å². The summed E-state index contributed by atoms with van der Waals surface area (Å²) in [6.07, 6.45) is -13.7. The first-order chi connectivity index (χ1) is 19.4. The summed E-state index contributed by atoms with van der Waals surface area (Å²) in [6, 6.07) is 5.36. The van der Waals surface area contributed by atoms with E-state index < -0.39 is 101 Å². The first-order valence-electron chi connectivity index (χ1n) is 12.4. The quantitative estimate of drug-likeness (QED) is 0.158. The predicted octanol–water partition coefficient (Wildman–Crippen LogP) is -1.05. The number of hydrogen-bond acceptors (Lipinski definition) is 15. The van der Waals surface area contributed by atoms with E-state index in [0.29, 0.717) is 0 Å². The fourth-order valence-corrected chi connectivity index (χ4v) is 4.72. The molecule has 0 saturated carbocycles. The zero-order valence-corrected chi connectivity index (χ0v) is 21.3. The van der Waals surface area contributed by atoms with E-state index in [1.165, 1.54) is 13.0 Å². The zero-order valence-electron chi connectivity index (χ0n) is 21.3. The summed E-state index contributed by atoms with van der Waals surface area (Å²) >= 11 is 0. The third-order valence-electron chi connectivity index (χ3n) is 6.96. The van der Waals surface area contributed by atoms with Crippen LogP contribution in [0.1, 0.15) is 6.92 Å². The van der Waals surface area contributed by atoms with Gasteiger partial charge in [-0.2, -0.15) is 0 Å². The van der Waals surface area contributed by atoms with Crippen LogP contribution in [0, 0.1) is 0 Å². The Morgan fingerprint density at radius 1 is 0.829 bits per heavy atom. The number of phenols is 4. The summed E-state index contributed by atoms with van der Waals surface area (Å²) < 4.78 is 28.3. The second-order valence-corrected chi connectivity index (χ2v) is 9.75. The van der Waals surface area contributed by atoms with Crippen molar-refractivity contribution in [1.82, 2.24) is 0 Å². The van der Waals surface area contributed by atoms with Crippen LogP contribution in [0.4, 0.5) is 0 Å². The van der Waals surface area contributed by atoms with Gasteiger partial charge in [0.1, 0.15) is 53.0 Å². The van der Waals surface area contributed by atoms with Crippen LogP contribution in [-0.4, -0.2) is 108 Å². The van der Waals surface area contributed by atoms with Crippen LogP contribution in [0.3, 0.4) is 0 Å². The van der Waals surface area contributed by atoms with Gasteiger partial charge in [-0.1, -0.05) is 0 Å². The Balaban J connectivity index is 1.59. The van der Waals surface area contributed by atoms with E-state index in [2.05, 4.69) is 0 Å². The standard InChI is InChI=1S/C26H28O15/c1-8-17(32)20(35)21(36)25(37-8)41-24-18(33)15(7-27)39-26(24)40-23-19(34)16-13(31)5-10(28)6-14(16)38-22(23)9-2-3-11(29)12(30)4-9/h2-6,8,15,17-18,20-21,24-33,35-36H,7H2,1H3/t8-,15-,17+,18-,20-,21+,24+,25+,26+/m1/s1. The number of aliphatic hydroxyl groups excluding tert-OH is 5. The van der Waals surface area contributed by atoms with Gasteiger partial charge in [0.25, 0.3) is 0 Å². The van der Waals surface area contributed by atoms with Gasteiger partial charge in [-0.25, -0.2) is 0 Å². The van der Waals surface area contributed by atoms with Gasteiger partial charge in [0, 0.05) is 17.7 Å². The summed E-state index contributed by atoms with van der Waals surface area (Å²) in [5, 5.41) is 90.7. The summed E-state index contributed by atoms with van der Waals surface area (Å²) in [5.74, 6) is -3.13. The number of ether oxygens (including phenoxy) is 4. The molecule has 2 saturated heterocycles. The van der Waals surface area contributed by atoms with Crippen molar-refractivity contribution in [3.8, 4) is 40.1 Å². The minimum Gasteiger partial charge on any atom is -0.508 e. The molecule has 222 valence electrons. The molecular weight excluding hydrogens is 552 g/mol. The summed E-state index contributed by atoms with van der Waals surface area (Å²) in [6.45, 7) is 0.684. The van der Waals surface area contributed by atoms with Crippen LogP contribution in [0.5, 0.6) is 28.7 Å².